The van der Waals surface area contributed by atoms with E-state index in [-0.39, 0.29) is 5.91 Å². The van der Waals surface area contributed by atoms with Gasteiger partial charge in [0.15, 0.2) is 0 Å². The number of hydrogen-bond acceptors (Lipinski definition) is 3. The lowest BCUT2D eigenvalue weighted by Crippen LogP contribution is -2.05. The molecule has 1 heterocycles. The van der Waals surface area contributed by atoms with Crippen LogP contribution in [-0.2, 0) is 17.6 Å². The number of carbonyl (C=O) groups excluding carboxylic acids is 1. The van der Waals surface area contributed by atoms with Crippen LogP contribution in [0.5, 0.6) is 0 Å². The first-order chi connectivity index (χ1) is 9.47. The van der Waals surface area contributed by atoms with Gasteiger partial charge in [0.25, 0.3) is 0 Å². The molecule has 1 aromatic heterocycles. The number of halogens is 1. The Bertz CT molecular complexity index is 622. The van der Waals surface area contributed by atoms with Crippen molar-refractivity contribution in [3.63, 3.8) is 0 Å². The molecular weight excluding hydrogens is 294 g/mol. The highest BCUT2D eigenvalue weighted by molar-refractivity contribution is 7.98. The lowest BCUT2D eigenvalue weighted by atomic mass is 10.3. The second kappa shape index (κ2) is 6.33. The summed E-state index contributed by atoms with van der Waals surface area (Å²) in [6.07, 6.45) is 0. The molecule has 0 aliphatic carbocycles. The van der Waals surface area contributed by atoms with Crippen LogP contribution in [0.15, 0.2) is 29.2 Å². The van der Waals surface area contributed by atoms with Crippen molar-refractivity contribution in [2.45, 2.75) is 24.5 Å². The van der Waals surface area contributed by atoms with E-state index in [9.17, 15) is 4.79 Å². The second-order valence-electron chi connectivity index (χ2n) is 4.47. The first kappa shape index (κ1) is 14.9. The van der Waals surface area contributed by atoms with Crippen LogP contribution in [0.1, 0.15) is 18.2 Å². The maximum atomic E-state index is 10.9. The molecule has 0 saturated heterocycles. The molecule has 0 aliphatic rings. The van der Waals surface area contributed by atoms with Gasteiger partial charge in [-0.2, -0.15) is 5.10 Å². The molecule has 1 amide bonds. The van der Waals surface area contributed by atoms with Crippen LogP contribution in [0.3, 0.4) is 0 Å². The van der Waals surface area contributed by atoms with Crippen molar-refractivity contribution in [1.29, 1.82) is 0 Å². The van der Waals surface area contributed by atoms with Crippen LogP contribution >= 0.6 is 23.4 Å². The number of nitrogens with one attached hydrogen (secondary N) is 1. The van der Waals surface area contributed by atoms with E-state index in [0.717, 1.165) is 27.6 Å². The first-order valence-electron chi connectivity index (χ1n) is 6.16. The van der Waals surface area contributed by atoms with Crippen molar-refractivity contribution in [3.05, 3.63) is 40.7 Å². The third-order valence-corrected chi connectivity index (χ3v) is 4.34. The summed E-state index contributed by atoms with van der Waals surface area (Å²) in [4.78, 5) is 12.1. The summed E-state index contributed by atoms with van der Waals surface area (Å²) in [5, 5.41) is 7.72. The molecule has 0 atom stereocenters. The van der Waals surface area contributed by atoms with Crippen LogP contribution in [-0.4, -0.2) is 15.7 Å². The van der Waals surface area contributed by atoms with Crippen molar-refractivity contribution in [2.24, 2.45) is 7.05 Å². The predicted octanol–water partition coefficient (Wildman–Crippen LogP) is 3.63. The highest BCUT2D eigenvalue weighted by Gasteiger charge is 2.11. The van der Waals surface area contributed by atoms with E-state index in [1.165, 1.54) is 6.92 Å². The highest BCUT2D eigenvalue weighted by atomic mass is 35.5. The normalized spacial score (nSPS) is 10.6. The first-order valence-corrected chi connectivity index (χ1v) is 7.52. The molecule has 0 radical (unpaired) electrons. The summed E-state index contributed by atoms with van der Waals surface area (Å²) in [7, 11) is 1.84. The Balaban J connectivity index is 2.02. The van der Waals surface area contributed by atoms with Crippen LogP contribution in [0, 0.1) is 6.92 Å². The summed E-state index contributed by atoms with van der Waals surface area (Å²) < 4.78 is 1.69. The SMILES string of the molecule is CC(=O)Nc1ccc(SCc2c(C)nn(C)c2Cl)cc1. The Hall–Kier alpha value is -1.46. The van der Waals surface area contributed by atoms with E-state index in [1.54, 1.807) is 16.4 Å². The number of hydrogen-bond donors (Lipinski definition) is 1. The number of aryl methyl sites for hydroxylation is 2. The van der Waals surface area contributed by atoms with E-state index in [4.69, 9.17) is 11.6 Å². The van der Waals surface area contributed by atoms with E-state index in [1.807, 2.05) is 38.2 Å². The quantitative estimate of drug-likeness (QED) is 0.877. The van der Waals surface area contributed by atoms with Crippen LogP contribution < -0.4 is 5.32 Å². The van der Waals surface area contributed by atoms with Crippen molar-refractivity contribution in [2.75, 3.05) is 5.32 Å². The average Bonchev–Trinajstić information content (AvgIpc) is 2.62. The smallest absolute Gasteiger partial charge is 0.221 e. The van der Waals surface area contributed by atoms with Crippen LogP contribution in [0.25, 0.3) is 0 Å². The molecule has 1 N–H and O–H groups in total. The zero-order valence-corrected chi connectivity index (χ0v) is 13.2. The number of aromatic nitrogens is 2. The fraction of sp³-hybridized carbons (Fsp3) is 0.286. The zero-order chi connectivity index (χ0) is 14.7. The third-order valence-electron chi connectivity index (χ3n) is 2.83. The summed E-state index contributed by atoms with van der Waals surface area (Å²) in [6, 6.07) is 7.74. The lowest BCUT2D eigenvalue weighted by molar-refractivity contribution is -0.114. The molecule has 0 saturated carbocycles. The highest BCUT2D eigenvalue weighted by Crippen LogP contribution is 2.29. The summed E-state index contributed by atoms with van der Waals surface area (Å²) >= 11 is 7.89. The Morgan fingerprint density at radius 2 is 2.05 bits per heavy atom. The van der Waals surface area contributed by atoms with Gasteiger partial charge in [-0.15, -0.1) is 11.8 Å². The largest absolute Gasteiger partial charge is 0.326 e. The molecule has 2 rings (SSSR count). The van der Waals surface area contributed by atoms with Gasteiger partial charge in [-0.1, -0.05) is 11.6 Å². The Labute approximate surface area is 127 Å². The molecule has 0 spiro atoms. The number of anilines is 1. The van der Waals surface area contributed by atoms with Gasteiger partial charge < -0.3 is 5.32 Å². The third kappa shape index (κ3) is 3.55. The summed E-state index contributed by atoms with van der Waals surface area (Å²) in [5.74, 6) is 0.709. The minimum atomic E-state index is -0.0665. The summed E-state index contributed by atoms with van der Waals surface area (Å²) in [6.45, 7) is 3.46. The maximum Gasteiger partial charge on any atom is 0.221 e. The van der Waals surface area contributed by atoms with Crippen molar-refractivity contribution in [3.8, 4) is 0 Å². The van der Waals surface area contributed by atoms with Crippen molar-refractivity contribution >= 4 is 35.0 Å². The molecule has 2 aromatic rings. The van der Waals surface area contributed by atoms with Gasteiger partial charge in [0.2, 0.25) is 5.91 Å². The summed E-state index contributed by atoms with van der Waals surface area (Å²) in [5.41, 5.74) is 2.82. The van der Waals surface area contributed by atoms with Gasteiger partial charge in [0.05, 0.1) is 5.69 Å². The minimum absolute atomic E-state index is 0.0665. The fourth-order valence-corrected chi connectivity index (χ4v) is 3.14. The lowest BCUT2D eigenvalue weighted by Gasteiger charge is -2.05. The Morgan fingerprint density at radius 1 is 1.40 bits per heavy atom. The molecule has 0 bridgehead atoms. The van der Waals surface area contributed by atoms with Crippen molar-refractivity contribution in [1.82, 2.24) is 9.78 Å². The molecule has 1 aromatic carbocycles. The van der Waals surface area contributed by atoms with E-state index < -0.39 is 0 Å². The van der Waals surface area contributed by atoms with E-state index >= 15 is 0 Å². The van der Waals surface area contributed by atoms with E-state index in [0.29, 0.717) is 5.15 Å². The number of thioether (sulfide) groups is 1. The monoisotopic (exact) mass is 309 g/mol. The molecule has 20 heavy (non-hydrogen) atoms. The standard InChI is InChI=1S/C14H16ClN3OS/c1-9-13(14(15)18(3)17-9)8-20-12-6-4-11(5-7-12)16-10(2)19/h4-7H,8H2,1-3H3,(H,16,19). The Kier molecular flexibility index (Phi) is 4.73. The topological polar surface area (TPSA) is 46.9 Å². The number of rotatable bonds is 4. The van der Waals surface area contributed by atoms with Crippen molar-refractivity contribution < 1.29 is 4.79 Å². The molecule has 106 valence electrons. The van der Waals surface area contributed by atoms with E-state index in [2.05, 4.69) is 10.4 Å². The molecular formula is C14H16ClN3OS. The molecule has 0 unspecified atom stereocenters. The molecule has 4 nitrogen and oxygen atoms in total. The van der Waals surface area contributed by atoms with Gasteiger partial charge in [-0.3, -0.25) is 9.48 Å². The van der Waals surface area contributed by atoms with Gasteiger partial charge in [0.1, 0.15) is 5.15 Å². The van der Waals surface area contributed by atoms with Crippen LogP contribution in [0.4, 0.5) is 5.69 Å². The number of amides is 1. The molecule has 0 fully saturated rings. The number of benzene rings is 1. The predicted molar refractivity (Wildman–Crippen MR) is 83.3 cm³/mol. The minimum Gasteiger partial charge on any atom is -0.326 e. The Morgan fingerprint density at radius 3 is 2.55 bits per heavy atom. The zero-order valence-electron chi connectivity index (χ0n) is 11.6. The second-order valence-corrected chi connectivity index (χ2v) is 5.88. The molecule has 6 heteroatoms. The van der Waals surface area contributed by atoms with Crippen LogP contribution in [0.2, 0.25) is 5.15 Å². The van der Waals surface area contributed by atoms with Gasteiger partial charge in [0, 0.05) is 35.9 Å². The fourth-order valence-electron chi connectivity index (χ4n) is 1.83. The maximum absolute atomic E-state index is 10.9. The van der Waals surface area contributed by atoms with Gasteiger partial charge in [-0.25, -0.2) is 0 Å². The number of carbonyl (C=O) groups is 1. The molecule has 0 aliphatic heterocycles. The van der Waals surface area contributed by atoms with Gasteiger partial charge in [-0.05, 0) is 31.2 Å². The van der Waals surface area contributed by atoms with Gasteiger partial charge >= 0.3 is 0 Å². The number of nitrogens with zero attached hydrogens (tertiary/aromatic N) is 2. The average molecular weight is 310 g/mol.